The van der Waals surface area contributed by atoms with Gasteiger partial charge in [0, 0.05) is 18.7 Å². The van der Waals surface area contributed by atoms with Crippen LogP contribution in [-0.2, 0) is 6.54 Å². The third-order valence-electron chi connectivity index (χ3n) is 3.60. The van der Waals surface area contributed by atoms with Crippen molar-refractivity contribution >= 4 is 11.7 Å². The molecule has 1 atom stereocenters. The third-order valence-corrected chi connectivity index (χ3v) is 3.60. The summed E-state index contributed by atoms with van der Waals surface area (Å²) in [6.07, 6.45) is 2.16. The van der Waals surface area contributed by atoms with E-state index in [-0.39, 0.29) is 11.3 Å². The Morgan fingerprint density at radius 3 is 2.84 bits per heavy atom. The molecule has 1 unspecified atom stereocenters. The summed E-state index contributed by atoms with van der Waals surface area (Å²) in [7, 11) is 0. The van der Waals surface area contributed by atoms with Gasteiger partial charge in [-0.25, -0.2) is 4.79 Å². The summed E-state index contributed by atoms with van der Waals surface area (Å²) in [6.45, 7) is 3.44. The summed E-state index contributed by atoms with van der Waals surface area (Å²) in [6, 6.07) is 4.82. The summed E-state index contributed by atoms with van der Waals surface area (Å²) in [5.74, 6) is -1.24. The lowest BCUT2D eigenvalue weighted by Gasteiger charge is -2.21. The van der Waals surface area contributed by atoms with E-state index in [4.69, 9.17) is 0 Å². The Balaban J connectivity index is 2.36. The van der Waals surface area contributed by atoms with Crippen LogP contribution in [0.4, 0.5) is 5.69 Å². The lowest BCUT2D eigenvalue weighted by atomic mass is 10.0. The van der Waals surface area contributed by atoms with Crippen LogP contribution in [0.3, 0.4) is 0 Å². The molecule has 1 aliphatic rings. The van der Waals surface area contributed by atoms with E-state index in [0.717, 1.165) is 19.4 Å². The predicted molar refractivity (Wildman–Crippen MR) is 69.2 cm³/mol. The second-order valence-corrected chi connectivity index (χ2v) is 4.84. The van der Waals surface area contributed by atoms with E-state index in [2.05, 4.69) is 11.8 Å². The number of benzene rings is 1. The first-order valence-corrected chi connectivity index (χ1v) is 6.24. The number of rotatable bonds is 4. The van der Waals surface area contributed by atoms with E-state index in [1.807, 2.05) is 0 Å². The zero-order valence-corrected chi connectivity index (χ0v) is 10.7. The highest BCUT2D eigenvalue weighted by atomic mass is 16.6. The molecule has 1 fully saturated rings. The Hall–Kier alpha value is -1.95. The summed E-state index contributed by atoms with van der Waals surface area (Å²) in [5, 5.41) is 20.1. The minimum Gasteiger partial charge on any atom is -0.477 e. The normalized spacial score (nSPS) is 19.5. The van der Waals surface area contributed by atoms with Gasteiger partial charge in [-0.15, -0.1) is 0 Å². The first-order chi connectivity index (χ1) is 9.00. The van der Waals surface area contributed by atoms with Crippen LogP contribution < -0.4 is 0 Å². The quantitative estimate of drug-likeness (QED) is 0.666. The number of hydrogen-bond acceptors (Lipinski definition) is 4. The summed E-state index contributed by atoms with van der Waals surface area (Å²) >= 11 is 0. The molecule has 1 aromatic carbocycles. The van der Waals surface area contributed by atoms with Gasteiger partial charge in [0.15, 0.2) is 0 Å². The lowest BCUT2D eigenvalue weighted by Crippen LogP contribution is -2.27. The van der Waals surface area contributed by atoms with Gasteiger partial charge in [0.05, 0.1) is 4.92 Å². The van der Waals surface area contributed by atoms with Crippen LogP contribution in [0.5, 0.6) is 0 Å². The molecule has 6 nitrogen and oxygen atoms in total. The fourth-order valence-corrected chi connectivity index (χ4v) is 2.56. The lowest BCUT2D eigenvalue weighted by molar-refractivity contribution is -0.385. The molecule has 1 saturated heterocycles. The molecule has 19 heavy (non-hydrogen) atoms. The van der Waals surface area contributed by atoms with E-state index >= 15 is 0 Å². The number of carbonyl (C=O) groups is 1. The van der Waals surface area contributed by atoms with Crippen molar-refractivity contribution < 1.29 is 14.8 Å². The smallest absolute Gasteiger partial charge is 0.343 e. The van der Waals surface area contributed by atoms with Gasteiger partial charge in [0.1, 0.15) is 5.56 Å². The van der Waals surface area contributed by atoms with Crippen LogP contribution in [0.25, 0.3) is 0 Å². The van der Waals surface area contributed by atoms with Crippen LogP contribution >= 0.6 is 0 Å². The molecule has 0 saturated carbocycles. The highest BCUT2D eigenvalue weighted by Crippen LogP contribution is 2.26. The van der Waals surface area contributed by atoms with Gasteiger partial charge < -0.3 is 5.11 Å². The average molecular weight is 264 g/mol. The first kappa shape index (κ1) is 13.5. The maximum Gasteiger partial charge on any atom is 0.343 e. The Labute approximate surface area is 110 Å². The summed E-state index contributed by atoms with van der Waals surface area (Å²) in [4.78, 5) is 23.7. The number of nitro groups is 1. The molecule has 6 heteroatoms. The fraction of sp³-hybridized carbons (Fsp3) is 0.462. The number of nitrogens with zero attached hydrogens (tertiary/aromatic N) is 2. The molecule has 2 rings (SSSR count). The Morgan fingerprint density at radius 2 is 2.32 bits per heavy atom. The highest BCUT2D eigenvalue weighted by Gasteiger charge is 2.27. The second-order valence-electron chi connectivity index (χ2n) is 4.84. The van der Waals surface area contributed by atoms with Crippen LogP contribution in [0.2, 0.25) is 0 Å². The molecule has 0 bridgehead atoms. The Morgan fingerprint density at radius 1 is 1.58 bits per heavy atom. The van der Waals surface area contributed by atoms with Crippen LogP contribution in [0.1, 0.15) is 35.7 Å². The molecule has 1 N–H and O–H groups in total. The standard InChI is InChI=1S/C13H16N2O4/c1-9-4-3-7-14(9)8-10-5-2-6-11(15(18)19)12(10)13(16)17/h2,5-6,9H,3-4,7-8H2,1H3,(H,16,17). The van der Waals surface area contributed by atoms with Crippen molar-refractivity contribution in [2.45, 2.75) is 32.4 Å². The molecule has 1 aliphatic heterocycles. The van der Waals surface area contributed by atoms with E-state index in [0.29, 0.717) is 18.2 Å². The third kappa shape index (κ3) is 2.73. The van der Waals surface area contributed by atoms with Gasteiger partial charge in [-0.3, -0.25) is 15.0 Å². The van der Waals surface area contributed by atoms with Gasteiger partial charge in [0.2, 0.25) is 0 Å². The summed E-state index contributed by atoms with van der Waals surface area (Å²) < 4.78 is 0. The molecule has 0 spiro atoms. The number of hydrogen-bond donors (Lipinski definition) is 1. The van der Waals surface area contributed by atoms with E-state index in [9.17, 15) is 20.0 Å². The maximum atomic E-state index is 11.3. The molecule has 1 aromatic rings. The second kappa shape index (κ2) is 5.36. The van der Waals surface area contributed by atoms with Crippen molar-refractivity contribution in [1.82, 2.24) is 4.90 Å². The van der Waals surface area contributed by atoms with Crippen molar-refractivity contribution in [3.8, 4) is 0 Å². The zero-order valence-electron chi connectivity index (χ0n) is 10.7. The average Bonchev–Trinajstić information content (AvgIpc) is 2.74. The largest absolute Gasteiger partial charge is 0.477 e. The molecule has 0 radical (unpaired) electrons. The SMILES string of the molecule is CC1CCCN1Cc1cccc([N+](=O)[O-])c1C(=O)O. The van der Waals surface area contributed by atoms with Crippen molar-refractivity contribution in [3.63, 3.8) is 0 Å². The van der Waals surface area contributed by atoms with Crippen molar-refractivity contribution in [3.05, 3.63) is 39.4 Å². The molecule has 102 valence electrons. The van der Waals surface area contributed by atoms with Crippen molar-refractivity contribution in [1.29, 1.82) is 0 Å². The zero-order chi connectivity index (χ0) is 14.0. The molecular formula is C13H16N2O4. The number of carboxylic acid groups (broad SMARTS) is 1. The van der Waals surface area contributed by atoms with Gasteiger partial charge in [-0.1, -0.05) is 12.1 Å². The number of carboxylic acids is 1. The van der Waals surface area contributed by atoms with Crippen molar-refractivity contribution in [2.24, 2.45) is 0 Å². The van der Waals surface area contributed by atoms with Crippen LogP contribution in [-0.4, -0.2) is 33.5 Å². The fourth-order valence-electron chi connectivity index (χ4n) is 2.56. The van der Waals surface area contributed by atoms with Crippen LogP contribution in [0.15, 0.2) is 18.2 Å². The number of aromatic carboxylic acids is 1. The number of likely N-dealkylation sites (tertiary alicyclic amines) is 1. The van der Waals surface area contributed by atoms with E-state index in [1.54, 1.807) is 12.1 Å². The first-order valence-electron chi connectivity index (χ1n) is 6.24. The number of nitro benzene ring substituents is 1. The molecule has 1 heterocycles. The topological polar surface area (TPSA) is 83.7 Å². The maximum absolute atomic E-state index is 11.3. The Bertz CT molecular complexity index is 515. The van der Waals surface area contributed by atoms with Crippen LogP contribution in [0, 0.1) is 10.1 Å². The predicted octanol–water partition coefficient (Wildman–Crippen LogP) is 2.28. The van der Waals surface area contributed by atoms with Gasteiger partial charge >= 0.3 is 5.97 Å². The van der Waals surface area contributed by atoms with E-state index < -0.39 is 10.9 Å². The highest BCUT2D eigenvalue weighted by molar-refractivity contribution is 5.94. The summed E-state index contributed by atoms with van der Waals surface area (Å²) in [5.41, 5.74) is -0.0149. The Kier molecular flexibility index (Phi) is 3.80. The molecular weight excluding hydrogens is 248 g/mol. The minimum absolute atomic E-state index is 0.188. The molecule has 0 amide bonds. The minimum atomic E-state index is -1.24. The monoisotopic (exact) mass is 264 g/mol. The van der Waals surface area contributed by atoms with Gasteiger partial charge in [0.25, 0.3) is 5.69 Å². The van der Waals surface area contributed by atoms with Crippen molar-refractivity contribution in [2.75, 3.05) is 6.54 Å². The van der Waals surface area contributed by atoms with Gasteiger partial charge in [-0.05, 0) is 31.9 Å². The van der Waals surface area contributed by atoms with E-state index in [1.165, 1.54) is 6.07 Å². The molecule has 0 aliphatic carbocycles. The van der Waals surface area contributed by atoms with Gasteiger partial charge in [-0.2, -0.15) is 0 Å². The molecule has 0 aromatic heterocycles.